The Kier molecular flexibility index (Phi) is 4.41. The number of fused-ring (bicyclic) bond motifs is 1. The molecule has 1 aromatic heterocycles. The number of methoxy groups -OCH3 is 1. The molecule has 2 aromatic rings. The summed E-state index contributed by atoms with van der Waals surface area (Å²) >= 11 is 0. The first-order valence-electron chi connectivity index (χ1n) is 7.01. The molecule has 2 atom stereocenters. The largest absolute Gasteiger partial charge is 0.379 e. The first-order chi connectivity index (χ1) is 9.49. The first kappa shape index (κ1) is 14.9. The van der Waals surface area contributed by atoms with Gasteiger partial charge in [0.15, 0.2) is 0 Å². The fraction of sp³-hybridized carbons (Fsp3) is 0.471. The number of aromatic nitrogens is 1. The molecule has 108 valence electrons. The van der Waals surface area contributed by atoms with Gasteiger partial charge in [-0.3, -0.25) is 4.98 Å². The van der Waals surface area contributed by atoms with E-state index in [1.165, 1.54) is 10.9 Å². The smallest absolute Gasteiger partial charge is 0.0814 e. The minimum atomic E-state index is 0.0532. The maximum absolute atomic E-state index is 5.79. The molecular weight excluding hydrogens is 248 g/mol. The Balaban J connectivity index is 2.54. The summed E-state index contributed by atoms with van der Waals surface area (Å²) < 4.78 is 5.79. The monoisotopic (exact) mass is 272 g/mol. The number of benzene rings is 1. The average molecular weight is 272 g/mol. The third-order valence-corrected chi connectivity index (χ3v) is 3.77. The van der Waals surface area contributed by atoms with E-state index in [4.69, 9.17) is 4.74 Å². The van der Waals surface area contributed by atoms with Crippen molar-refractivity contribution in [3.8, 4) is 0 Å². The van der Waals surface area contributed by atoms with Gasteiger partial charge < -0.3 is 10.1 Å². The number of hydrogen-bond donors (Lipinski definition) is 1. The third-order valence-electron chi connectivity index (χ3n) is 3.77. The zero-order valence-electron chi connectivity index (χ0n) is 13.0. The van der Waals surface area contributed by atoms with Crippen LogP contribution >= 0.6 is 0 Å². The highest BCUT2D eigenvalue weighted by atomic mass is 16.5. The van der Waals surface area contributed by atoms with Crippen LogP contribution in [-0.4, -0.2) is 25.2 Å². The molecule has 0 bridgehead atoms. The van der Waals surface area contributed by atoms with E-state index in [9.17, 15) is 0 Å². The van der Waals surface area contributed by atoms with Gasteiger partial charge in [0.05, 0.1) is 12.1 Å². The van der Waals surface area contributed by atoms with Crippen molar-refractivity contribution >= 4 is 10.8 Å². The SMILES string of the molecule is CNC(c1cccc2cnccc12)C(OC)C(C)(C)C. The molecule has 2 rings (SSSR count). The van der Waals surface area contributed by atoms with Crippen molar-refractivity contribution in [2.24, 2.45) is 5.41 Å². The zero-order valence-corrected chi connectivity index (χ0v) is 13.0. The van der Waals surface area contributed by atoms with Crippen molar-refractivity contribution in [2.45, 2.75) is 32.9 Å². The van der Waals surface area contributed by atoms with Crippen LogP contribution in [0.3, 0.4) is 0 Å². The summed E-state index contributed by atoms with van der Waals surface area (Å²) in [5, 5.41) is 5.81. The molecule has 3 nitrogen and oxygen atoms in total. The van der Waals surface area contributed by atoms with Crippen molar-refractivity contribution in [1.29, 1.82) is 0 Å². The van der Waals surface area contributed by atoms with Gasteiger partial charge in [-0.1, -0.05) is 39.0 Å². The van der Waals surface area contributed by atoms with Crippen LogP contribution in [0, 0.1) is 5.41 Å². The van der Waals surface area contributed by atoms with E-state index in [0.29, 0.717) is 0 Å². The van der Waals surface area contributed by atoms with Gasteiger partial charge in [-0.25, -0.2) is 0 Å². The number of pyridine rings is 1. The van der Waals surface area contributed by atoms with Crippen LogP contribution in [0.25, 0.3) is 10.8 Å². The second-order valence-corrected chi connectivity index (χ2v) is 6.23. The van der Waals surface area contributed by atoms with Crippen molar-refractivity contribution < 1.29 is 4.74 Å². The molecule has 2 unspecified atom stereocenters. The van der Waals surface area contributed by atoms with Crippen LogP contribution in [-0.2, 0) is 4.74 Å². The molecule has 0 amide bonds. The van der Waals surface area contributed by atoms with Gasteiger partial charge in [-0.05, 0) is 29.5 Å². The van der Waals surface area contributed by atoms with Crippen LogP contribution < -0.4 is 5.32 Å². The van der Waals surface area contributed by atoms with Gasteiger partial charge in [0.25, 0.3) is 0 Å². The van der Waals surface area contributed by atoms with Crippen molar-refractivity contribution in [2.75, 3.05) is 14.2 Å². The standard InChI is InChI=1S/C17H24N2O/c1-17(2,3)16(20-5)15(18-4)14-8-6-7-12-11-19-10-9-13(12)14/h6-11,15-16,18H,1-5H3. The Hall–Kier alpha value is -1.45. The average Bonchev–Trinajstić information content (AvgIpc) is 2.42. The highest BCUT2D eigenvalue weighted by Gasteiger charge is 2.33. The van der Waals surface area contributed by atoms with Crippen molar-refractivity contribution in [3.05, 3.63) is 42.2 Å². The summed E-state index contributed by atoms with van der Waals surface area (Å²) in [6, 6.07) is 8.56. The van der Waals surface area contributed by atoms with E-state index in [1.807, 2.05) is 19.4 Å². The quantitative estimate of drug-likeness (QED) is 0.924. The van der Waals surface area contributed by atoms with E-state index >= 15 is 0 Å². The fourth-order valence-electron chi connectivity index (χ4n) is 2.88. The van der Waals surface area contributed by atoms with E-state index in [2.05, 4.69) is 55.3 Å². The van der Waals surface area contributed by atoms with Crippen LogP contribution in [0.5, 0.6) is 0 Å². The second-order valence-electron chi connectivity index (χ2n) is 6.23. The lowest BCUT2D eigenvalue weighted by Gasteiger charge is -2.36. The molecule has 20 heavy (non-hydrogen) atoms. The van der Waals surface area contributed by atoms with Crippen LogP contribution in [0.15, 0.2) is 36.7 Å². The summed E-state index contributed by atoms with van der Waals surface area (Å²) in [7, 11) is 3.77. The first-order valence-corrected chi connectivity index (χ1v) is 7.01. The lowest BCUT2D eigenvalue weighted by Crippen LogP contribution is -2.40. The predicted molar refractivity (Wildman–Crippen MR) is 83.8 cm³/mol. The second kappa shape index (κ2) is 5.90. The number of rotatable bonds is 4. The van der Waals surface area contributed by atoms with Gasteiger partial charge in [0.2, 0.25) is 0 Å². The van der Waals surface area contributed by atoms with E-state index in [0.717, 1.165) is 5.39 Å². The fourth-order valence-corrected chi connectivity index (χ4v) is 2.88. The van der Waals surface area contributed by atoms with E-state index in [1.54, 1.807) is 7.11 Å². The lowest BCUT2D eigenvalue weighted by atomic mass is 9.81. The van der Waals surface area contributed by atoms with Gasteiger partial charge >= 0.3 is 0 Å². The Morgan fingerprint density at radius 2 is 1.95 bits per heavy atom. The van der Waals surface area contributed by atoms with E-state index < -0.39 is 0 Å². The molecule has 0 aliphatic carbocycles. The summed E-state index contributed by atoms with van der Waals surface area (Å²) in [6.07, 6.45) is 3.84. The van der Waals surface area contributed by atoms with Crippen LogP contribution in [0.1, 0.15) is 32.4 Å². The Morgan fingerprint density at radius 1 is 1.20 bits per heavy atom. The summed E-state index contributed by atoms with van der Waals surface area (Å²) in [5.74, 6) is 0. The molecule has 0 aliphatic rings. The molecule has 1 heterocycles. The van der Waals surface area contributed by atoms with Crippen molar-refractivity contribution in [1.82, 2.24) is 10.3 Å². The normalized spacial score (nSPS) is 15.2. The number of nitrogens with one attached hydrogen (secondary N) is 1. The summed E-state index contributed by atoms with van der Waals surface area (Å²) in [4.78, 5) is 4.20. The third kappa shape index (κ3) is 2.84. The summed E-state index contributed by atoms with van der Waals surface area (Å²) in [6.45, 7) is 6.62. The van der Waals surface area contributed by atoms with Gasteiger partial charge in [0, 0.05) is 24.9 Å². The number of likely N-dealkylation sites (N-methyl/N-ethyl adjacent to an activating group) is 1. The Labute approximate surface area is 121 Å². The zero-order chi connectivity index (χ0) is 14.8. The molecule has 0 aliphatic heterocycles. The highest BCUT2D eigenvalue weighted by molar-refractivity contribution is 5.85. The van der Waals surface area contributed by atoms with Crippen molar-refractivity contribution in [3.63, 3.8) is 0 Å². The minimum absolute atomic E-state index is 0.0532. The molecule has 0 saturated carbocycles. The Morgan fingerprint density at radius 3 is 2.55 bits per heavy atom. The maximum Gasteiger partial charge on any atom is 0.0814 e. The minimum Gasteiger partial charge on any atom is -0.379 e. The van der Waals surface area contributed by atoms with E-state index in [-0.39, 0.29) is 17.6 Å². The summed E-state index contributed by atoms with van der Waals surface area (Å²) in [5.41, 5.74) is 1.31. The number of nitrogens with zero attached hydrogens (tertiary/aromatic N) is 1. The topological polar surface area (TPSA) is 34.2 Å². The highest BCUT2D eigenvalue weighted by Crippen LogP contribution is 2.35. The molecule has 0 radical (unpaired) electrons. The van der Waals surface area contributed by atoms with Crippen LogP contribution in [0.2, 0.25) is 0 Å². The number of hydrogen-bond acceptors (Lipinski definition) is 3. The Bertz CT molecular complexity index is 569. The maximum atomic E-state index is 5.79. The van der Waals surface area contributed by atoms with Gasteiger partial charge in [-0.15, -0.1) is 0 Å². The lowest BCUT2D eigenvalue weighted by molar-refractivity contribution is -0.00980. The molecule has 1 N–H and O–H groups in total. The molecule has 1 aromatic carbocycles. The van der Waals surface area contributed by atoms with Gasteiger partial charge in [0.1, 0.15) is 0 Å². The molecule has 0 spiro atoms. The molecule has 0 saturated heterocycles. The predicted octanol–water partition coefficient (Wildman–Crippen LogP) is 3.56. The number of ether oxygens (including phenoxy) is 1. The molecule has 0 fully saturated rings. The van der Waals surface area contributed by atoms with Gasteiger partial charge in [-0.2, -0.15) is 0 Å². The molecule has 3 heteroatoms. The molecular formula is C17H24N2O. The van der Waals surface area contributed by atoms with Crippen LogP contribution in [0.4, 0.5) is 0 Å².